The van der Waals surface area contributed by atoms with Crippen molar-refractivity contribution >= 4 is 5.97 Å². The van der Waals surface area contributed by atoms with Gasteiger partial charge in [0.15, 0.2) is 0 Å². The highest BCUT2D eigenvalue weighted by Gasteiger charge is 2.20. The zero-order valence-electron chi connectivity index (χ0n) is 9.01. The van der Waals surface area contributed by atoms with Gasteiger partial charge in [0.2, 0.25) is 0 Å². The number of likely N-dealkylation sites (N-methyl/N-ethyl adjacent to an activating group) is 1. The number of esters is 1. The summed E-state index contributed by atoms with van der Waals surface area (Å²) < 4.78 is 10.1. The van der Waals surface area contributed by atoms with Crippen molar-refractivity contribution in [1.82, 2.24) is 5.32 Å². The molecule has 0 aliphatic heterocycles. The zero-order valence-corrected chi connectivity index (χ0v) is 9.01. The number of carbonyl (C=O) groups excluding carboxylic acids is 1. The van der Waals surface area contributed by atoms with E-state index in [1.54, 1.807) is 21.1 Å². The summed E-state index contributed by atoms with van der Waals surface area (Å²) in [4.78, 5) is 11.2. The summed E-state index contributed by atoms with van der Waals surface area (Å²) in [6, 6.07) is -0.271. The molecule has 0 aromatic rings. The van der Waals surface area contributed by atoms with Gasteiger partial charge in [-0.15, -0.1) is 0 Å². The standard InChI is InChI=1S/C9H19NO3/c1-7(10-4)8(11)13-6-9(2,3)12-5/h7,10H,6H2,1-5H3. The number of nitrogens with one attached hydrogen (secondary N) is 1. The molecule has 0 bridgehead atoms. The monoisotopic (exact) mass is 189 g/mol. The molecule has 4 heteroatoms. The van der Waals surface area contributed by atoms with Crippen LogP contribution in [0.1, 0.15) is 20.8 Å². The third-order valence-corrected chi connectivity index (χ3v) is 1.90. The Morgan fingerprint density at radius 1 is 1.54 bits per heavy atom. The Hall–Kier alpha value is -0.610. The largest absolute Gasteiger partial charge is 0.461 e. The molecule has 0 heterocycles. The Labute approximate surface area is 79.6 Å². The average molecular weight is 189 g/mol. The number of hydrogen-bond acceptors (Lipinski definition) is 4. The molecule has 0 radical (unpaired) electrons. The predicted molar refractivity (Wildman–Crippen MR) is 50.6 cm³/mol. The summed E-state index contributed by atoms with van der Waals surface area (Å²) in [6.07, 6.45) is 0. The minimum Gasteiger partial charge on any atom is -0.461 e. The van der Waals surface area contributed by atoms with E-state index in [2.05, 4.69) is 5.32 Å². The van der Waals surface area contributed by atoms with Crippen molar-refractivity contribution in [2.75, 3.05) is 20.8 Å². The number of rotatable bonds is 5. The average Bonchev–Trinajstić information content (AvgIpc) is 2.13. The molecule has 1 atom stereocenters. The lowest BCUT2D eigenvalue weighted by Crippen LogP contribution is -2.37. The molecule has 0 aliphatic carbocycles. The van der Waals surface area contributed by atoms with Crippen molar-refractivity contribution in [3.8, 4) is 0 Å². The summed E-state index contributed by atoms with van der Waals surface area (Å²) in [5.41, 5.74) is -0.414. The van der Waals surface area contributed by atoms with E-state index < -0.39 is 5.60 Å². The Morgan fingerprint density at radius 2 is 2.08 bits per heavy atom. The topological polar surface area (TPSA) is 47.6 Å². The van der Waals surface area contributed by atoms with Crippen LogP contribution in [0.25, 0.3) is 0 Å². The highest BCUT2D eigenvalue weighted by atomic mass is 16.6. The number of ether oxygens (including phenoxy) is 2. The van der Waals surface area contributed by atoms with E-state index in [4.69, 9.17) is 9.47 Å². The van der Waals surface area contributed by atoms with Gasteiger partial charge >= 0.3 is 5.97 Å². The molecule has 0 aromatic carbocycles. The first-order chi connectivity index (χ1) is 5.93. The van der Waals surface area contributed by atoms with Crippen molar-refractivity contribution in [3.05, 3.63) is 0 Å². The fourth-order valence-electron chi connectivity index (χ4n) is 0.547. The van der Waals surface area contributed by atoms with E-state index in [0.29, 0.717) is 0 Å². The fraction of sp³-hybridized carbons (Fsp3) is 0.889. The maximum atomic E-state index is 11.2. The second-order valence-electron chi connectivity index (χ2n) is 3.58. The van der Waals surface area contributed by atoms with E-state index in [0.717, 1.165) is 0 Å². The molecule has 0 saturated heterocycles. The summed E-state index contributed by atoms with van der Waals surface area (Å²) in [6.45, 7) is 5.76. The van der Waals surface area contributed by atoms with Crippen molar-refractivity contribution in [2.45, 2.75) is 32.4 Å². The van der Waals surface area contributed by atoms with E-state index in [1.807, 2.05) is 13.8 Å². The van der Waals surface area contributed by atoms with Gasteiger partial charge in [-0.25, -0.2) is 0 Å². The van der Waals surface area contributed by atoms with E-state index in [1.165, 1.54) is 0 Å². The van der Waals surface area contributed by atoms with Crippen LogP contribution in [0.3, 0.4) is 0 Å². The second-order valence-corrected chi connectivity index (χ2v) is 3.58. The van der Waals surface area contributed by atoms with Crippen LogP contribution in [-0.4, -0.2) is 38.4 Å². The second kappa shape index (κ2) is 5.19. The van der Waals surface area contributed by atoms with Crippen LogP contribution in [-0.2, 0) is 14.3 Å². The highest BCUT2D eigenvalue weighted by Crippen LogP contribution is 2.07. The van der Waals surface area contributed by atoms with Gasteiger partial charge in [0.1, 0.15) is 12.6 Å². The van der Waals surface area contributed by atoms with Crippen LogP contribution in [0, 0.1) is 0 Å². The molecule has 4 nitrogen and oxygen atoms in total. The van der Waals surface area contributed by atoms with Gasteiger partial charge in [0.05, 0.1) is 5.60 Å². The maximum Gasteiger partial charge on any atom is 0.322 e. The first-order valence-electron chi connectivity index (χ1n) is 4.32. The van der Waals surface area contributed by atoms with Gasteiger partial charge in [-0.2, -0.15) is 0 Å². The van der Waals surface area contributed by atoms with E-state index >= 15 is 0 Å². The van der Waals surface area contributed by atoms with Gasteiger partial charge in [0.25, 0.3) is 0 Å². The maximum absolute atomic E-state index is 11.2. The lowest BCUT2D eigenvalue weighted by atomic mass is 10.1. The van der Waals surface area contributed by atoms with Crippen molar-refractivity contribution in [3.63, 3.8) is 0 Å². The van der Waals surface area contributed by atoms with Gasteiger partial charge in [-0.3, -0.25) is 4.79 Å². The molecule has 0 aliphatic rings. The van der Waals surface area contributed by atoms with Crippen molar-refractivity contribution in [1.29, 1.82) is 0 Å². The highest BCUT2D eigenvalue weighted by molar-refractivity contribution is 5.75. The van der Waals surface area contributed by atoms with Gasteiger partial charge in [0, 0.05) is 7.11 Å². The SMILES string of the molecule is CNC(C)C(=O)OCC(C)(C)OC. The summed E-state index contributed by atoms with van der Waals surface area (Å²) in [5, 5.41) is 2.80. The molecule has 0 saturated carbocycles. The molecule has 0 spiro atoms. The van der Waals surface area contributed by atoms with Gasteiger partial charge in [-0.1, -0.05) is 0 Å². The normalized spacial score (nSPS) is 13.9. The molecule has 0 amide bonds. The molecular formula is C9H19NO3. The van der Waals surface area contributed by atoms with Crippen LogP contribution < -0.4 is 5.32 Å². The van der Waals surface area contributed by atoms with Gasteiger partial charge in [-0.05, 0) is 27.8 Å². The quantitative estimate of drug-likeness (QED) is 0.642. The Morgan fingerprint density at radius 3 is 2.46 bits per heavy atom. The van der Waals surface area contributed by atoms with Crippen LogP contribution >= 0.6 is 0 Å². The third kappa shape index (κ3) is 4.85. The van der Waals surface area contributed by atoms with Crippen LogP contribution in [0.2, 0.25) is 0 Å². The molecule has 0 aromatic heterocycles. The first-order valence-corrected chi connectivity index (χ1v) is 4.32. The van der Waals surface area contributed by atoms with E-state index in [-0.39, 0.29) is 18.6 Å². The molecule has 13 heavy (non-hydrogen) atoms. The van der Waals surface area contributed by atoms with Crippen molar-refractivity contribution < 1.29 is 14.3 Å². The molecular weight excluding hydrogens is 170 g/mol. The molecule has 1 unspecified atom stereocenters. The summed E-state index contributed by atoms with van der Waals surface area (Å²) >= 11 is 0. The lowest BCUT2D eigenvalue weighted by Gasteiger charge is -2.23. The Balaban J connectivity index is 3.83. The zero-order chi connectivity index (χ0) is 10.5. The van der Waals surface area contributed by atoms with Gasteiger partial charge < -0.3 is 14.8 Å². The van der Waals surface area contributed by atoms with E-state index in [9.17, 15) is 4.79 Å². The van der Waals surface area contributed by atoms with Crippen LogP contribution in [0.4, 0.5) is 0 Å². The number of hydrogen-bond donors (Lipinski definition) is 1. The molecule has 78 valence electrons. The minimum atomic E-state index is -0.414. The first kappa shape index (κ1) is 12.4. The lowest BCUT2D eigenvalue weighted by molar-refractivity contribution is -0.153. The molecule has 0 rings (SSSR count). The summed E-state index contributed by atoms with van der Waals surface area (Å²) in [7, 11) is 3.31. The van der Waals surface area contributed by atoms with Crippen molar-refractivity contribution in [2.24, 2.45) is 0 Å². The minimum absolute atomic E-state index is 0.257. The smallest absolute Gasteiger partial charge is 0.322 e. The predicted octanol–water partition coefficient (Wildman–Crippen LogP) is 0.562. The molecule has 1 N–H and O–H groups in total. The van der Waals surface area contributed by atoms with Crippen LogP contribution in [0.5, 0.6) is 0 Å². The Bertz CT molecular complexity index is 168. The Kier molecular flexibility index (Phi) is 4.95. The molecule has 0 fully saturated rings. The number of carbonyl (C=O) groups is 1. The number of methoxy groups -OCH3 is 1. The fourth-order valence-corrected chi connectivity index (χ4v) is 0.547. The van der Waals surface area contributed by atoms with Crippen LogP contribution in [0.15, 0.2) is 0 Å². The summed E-state index contributed by atoms with van der Waals surface area (Å²) in [5.74, 6) is -0.257. The third-order valence-electron chi connectivity index (χ3n) is 1.90.